The number of nitrogens with one attached hydrogen (secondary N) is 3. The van der Waals surface area contributed by atoms with Crippen LogP contribution >= 0.6 is 0 Å². The molecule has 0 bridgehead atoms. The highest BCUT2D eigenvalue weighted by Crippen LogP contribution is 2.26. The van der Waals surface area contributed by atoms with Gasteiger partial charge >= 0.3 is 0 Å². The van der Waals surface area contributed by atoms with Crippen molar-refractivity contribution in [3.8, 4) is 5.88 Å². The average molecular weight is 462 g/mol. The van der Waals surface area contributed by atoms with Crippen molar-refractivity contribution in [2.75, 3.05) is 30.2 Å². The van der Waals surface area contributed by atoms with E-state index in [2.05, 4.69) is 25.7 Å². The van der Waals surface area contributed by atoms with Crippen LogP contribution in [0.5, 0.6) is 5.88 Å². The number of aryl methyl sites for hydroxylation is 1. The van der Waals surface area contributed by atoms with Crippen molar-refractivity contribution in [1.29, 1.82) is 5.41 Å². The number of anilines is 3. The number of benzene rings is 1. The number of methoxy groups -OCH3 is 1. The second-order valence-corrected chi connectivity index (χ2v) is 7.34. The monoisotopic (exact) mass is 461 g/mol. The number of carbonyl (C=O) groups excluding carboxylic acids is 1. The fourth-order valence-corrected chi connectivity index (χ4v) is 3.28. The summed E-state index contributed by atoms with van der Waals surface area (Å²) >= 11 is 0. The van der Waals surface area contributed by atoms with Gasteiger partial charge in [-0.2, -0.15) is 5.10 Å². The maximum Gasteiger partial charge on any atom is 0.213 e. The minimum absolute atomic E-state index is 0.0305. The van der Waals surface area contributed by atoms with E-state index < -0.39 is 6.04 Å². The van der Waals surface area contributed by atoms with Gasteiger partial charge < -0.3 is 26.8 Å². The number of nitrogen functional groups attached to an aromatic ring is 2. The van der Waals surface area contributed by atoms with Crippen LogP contribution in [0.15, 0.2) is 59.8 Å². The number of hydrazone groups is 1. The largest absolute Gasteiger partial charge is 0.481 e. The van der Waals surface area contributed by atoms with Gasteiger partial charge in [0.25, 0.3) is 0 Å². The van der Waals surface area contributed by atoms with E-state index in [1.54, 1.807) is 55.7 Å². The van der Waals surface area contributed by atoms with Crippen molar-refractivity contribution in [3.05, 3.63) is 71.5 Å². The van der Waals surface area contributed by atoms with E-state index in [1.165, 1.54) is 12.1 Å². The molecule has 1 unspecified atom stereocenters. The van der Waals surface area contributed by atoms with E-state index in [9.17, 15) is 4.79 Å². The average Bonchev–Trinajstić information content (AvgIpc) is 2.82. The summed E-state index contributed by atoms with van der Waals surface area (Å²) in [5.74, 6) is 1.10. The van der Waals surface area contributed by atoms with Crippen molar-refractivity contribution in [2.45, 2.75) is 13.0 Å². The highest BCUT2D eigenvalue weighted by atomic mass is 16.5. The van der Waals surface area contributed by atoms with Crippen LogP contribution in [0.1, 0.15) is 22.9 Å². The van der Waals surface area contributed by atoms with Gasteiger partial charge in [0.1, 0.15) is 11.9 Å². The maximum atomic E-state index is 11.5. The topological polar surface area (TPSA) is 168 Å². The third kappa shape index (κ3) is 5.76. The Morgan fingerprint density at radius 2 is 2.00 bits per heavy atom. The maximum absolute atomic E-state index is 11.5. The normalized spacial score (nSPS) is 11.9. The Morgan fingerprint density at radius 3 is 2.62 bits per heavy atom. The lowest BCUT2D eigenvalue weighted by Gasteiger charge is -2.24. The SMILES string of the molecule is COc1cc(C(Nc2ccc(C(=N)N)cc2)/C(=N/N(C)c2ncccc2N)NC=O)cc(C)n1. The molecule has 2 aromatic heterocycles. The van der Waals surface area contributed by atoms with Crippen LogP contribution in [0.25, 0.3) is 0 Å². The lowest BCUT2D eigenvalue weighted by atomic mass is 10.0. The van der Waals surface area contributed by atoms with Crippen molar-refractivity contribution in [2.24, 2.45) is 10.8 Å². The molecule has 1 atom stereocenters. The van der Waals surface area contributed by atoms with Gasteiger partial charge in [0.05, 0.1) is 12.8 Å². The summed E-state index contributed by atoms with van der Waals surface area (Å²) in [5, 5.41) is 19.7. The molecule has 11 heteroatoms. The van der Waals surface area contributed by atoms with Crippen LogP contribution < -0.4 is 31.8 Å². The molecule has 0 aliphatic heterocycles. The molecule has 0 spiro atoms. The van der Waals surface area contributed by atoms with E-state index >= 15 is 0 Å². The molecule has 2 heterocycles. The van der Waals surface area contributed by atoms with Gasteiger partial charge in [-0.3, -0.25) is 10.2 Å². The summed E-state index contributed by atoms with van der Waals surface area (Å²) in [6.45, 7) is 1.84. The zero-order valence-corrected chi connectivity index (χ0v) is 19.1. The molecule has 0 fully saturated rings. The molecule has 11 nitrogen and oxygen atoms in total. The van der Waals surface area contributed by atoms with Crippen LogP contribution in [0, 0.1) is 12.3 Å². The van der Waals surface area contributed by atoms with E-state index in [0.29, 0.717) is 35.0 Å². The molecule has 34 heavy (non-hydrogen) atoms. The molecule has 7 N–H and O–H groups in total. The molecule has 1 amide bonds. The Hall–Kier alpha value is -4.67. The second-order valence-electron chi connectivity index (χ2n) is 7.34. The van der Waals surface area contributed by atoms with Gasteiger partial charge in [0.15, 0.2) is 11.7 Å². The number of nitrogens with two attached hydrogens (primary N) is 2. The van der Waals surface area contributed by atoms with Gasteiger partial charge in [-0.15, -0.1) is 0 Å². The number of nitrogens with zero attached hydrogens (tertiary/aromatic N) is 4. The molecular formula is C23H27N9O2. The summed E-state index contributed by atoms with van der Waals surface area (Å²) in [5.41, 5.74) is 14.8. The van der Waals surface area contributed by atoms with Crippen molar-refractivity contribution in [1.82, 2.24) is 15.3 Å². The van der Waals surface area contributed by atoms with Crippen LogP contribution in [-0.2, 0) is 4.79 Å². The molecule has 1 aromatic carbocycles. The lowest BCUT2D eigenvalue weighted by molar-refractivity contribution is -0.108. The highest BCUT2D eigenvalue weighted by Gasteiger charge is 2.22. The first kappa shape index (κ1) is 24.0. The number of aromatic nitrogens is 2. The molecule has 3 aromatic rings. The number of rotatable bonds is 9. The second kappa shape index (κ2) is 10.8. The Labute approximate surface area is 197 Å². The van der Waals surface area contributed by atoms with E-state index in [4.69, 9.17) is 21.6 Å². The standard InChI is InChI=1S/C23H27N9O2/c1-14-11-16(12-19(29-14)34-3)20(30-17-8-6-15(7-9-17)21(25)26)22(28-13-33)31-32(2)23-18(24)5-4-10-27-23/h4-13,20,30H,24H2,1-3H3,(H3,25,26)(H,28,31,33). The minimum atomic E-state index is -0.614. The predicted molar refractivity (Wildman–Crippen MR) is 133 cm³/mol. The smallest absolute Gasteiger partial charge is 0.213 e. The molecule has 0 aliphatic rings. The number of hydrogen-bond acceptors (Lipinski definition) is 9. The quantitative estimate of drug-likeness (QED) is 0.140. The number of ether oxygens (including phenoxy) is 1. The summed E-state index contributed by atoms with van der Waals surface area (Å²) in [6, 6.07) is 13.5. The molecule has 0 aliphatic carbocycles. The van der Waals surface area contributed by atoms with Gasteiger partial charge in [0, 0.05) is 36.3 Å². The van der Waals surface area contributed by atoms with Gasteiger partial charge in [-0.1, -0.05) is 0 Å². The van der Waals surface area contributed by atoms with Crippen LogP contribution in [0.2, 0.25) is 0 Å². The van der Waals surface area contributed by atoms with E-state index in [0.717, 1.165) is 11.3 Å². The third-order valence-electron chi connectivity index (χ3n) is 4.86. The first-order chi connectivity index (χ1) is 16.3. The zero-order valence-electron chi connectivity index (χ0n) is 19.1. The van der Waals surface area contributed by atoms with E-state index in [1.807, 2.05) is 13.0 Å². The summed E-state index contributed by atoms with van der Waals surface area (Å²) in [6.07, 6.45) is 2.15. The molecule has 0 radical (unpaired) electrons. The first-order valence-corrected chi connectivity index (χ1v) is 10.3. The highest BCUT2D eigenvalue weighted by molar-refractivity contribution is 5.98. The first-order valence-electron chi connectivity index (χ1n) is 10.3. The Balaban J connectivity index is 2.09. The van der Waals surface area contributed by atoms with Gasteiger partial charge in [-0.05, 0) is 55.0 Å². The third-order valence-corrected chi connectivity index (χ3v) is 4.86. The molecule has 0 saturated carbocycles. The van der Waals surface area contributed by atoms with Crippen molar-refractivity contribution < 1.29 is 9.53 Å². The number of pyridine rings is 2. The van der Waals surface area contributed by atoms with Gasteiger partial charge in [-0.25, -0.2) is 15.0 Å². The molecule has 0 saturated heterocycles. The minimum Gasteiger partial charge on any atom is -0.481 e. The number of amidine groups is 2. The summed E-state index contributed by atoms with van der Waals surface area (Å²) in [7, 11) is 3.22. The van der Waals surface area contributed by atoms with Crippen molar-refractivity contribution in [3.63, 3.8) is 0 Å². The fraction of sp³-hybridized carbons (Fsp3) is 0.174. The molecule has 176 valence electrons. The Morgan fingerprint density at radius 1 is 1.26 bits per heavy atom. The predicted octanol–water partition coefficient (Wildman–Crippen LogP) is 2.01. The molecular weight excluding hydrogens is 434 g/mol. The van der Waals surface area contributed by atoms with Crippen LogP contribution in [0.3, 0.4) is 0 Å². The van der Waals surface area contributed by atoms with Crippen LogP contribution in [0.4, 0.5) is 17.2 Å². The Kier molecular flexibility index (Phi) is 7.60. The summed E-state index contributed by atoms with van der Waals surface area (Å²) in [4.78, 5) is 20.2. The lowest BCUT2D eigenvalue weighted by Crippen LogP contribution is -2.35. The van der Waals surface area contributed by atoms with Crippen LogP contribution in [-0.4, -0.2) is 42.2 Å². The summed E-state index contributed by atoms with van der Waals surface area (Å²) < 4.78 is 5.34. The van der Waals surface area contributed by atoms with Gasteiger partial charge in [0.2, 0.25) is 12.3 Å². The molecule has 3 rings (SSSR count). The number of amides is 1. The zero-order chi connectivity index (χ0) is 24.7. The number of carbonyl (C=O) groups is 1. The van der Waals surface area contributed by atoms with Crippen molar-refractivity contribution >= 4 is 35.3 Å². The number of hydrogen-bond donors (Lipinski definition) is 5. The fourth-order valence-electron chi connectivity index (χ4n) is 3.28. The Bertz CT molecular complexity index is 1200. The van der Waals surface area contributed by atoms with E-state index in [-0.39, 0.29) is 11.7 Å².